The third-order valence-corrected chi connectivity index (χ3v) is 4.07. The van der Waals surface area contributed by atoms with Crippen molar-refractivity contribution in [3.8, 4) is 0 Å². The predicted molar refractivity (Wildman–Crippen MR) is 84.2 cm³/mol. The molecule has 2 unspecified atom stereocenters. The Morgan fingerprint density at radius 3 is 2.71 bits per heavy atom. The van der Waals surface area contributed by atoms with Crippen molar-refractivity contribution in [1.29, 1.82) is 0 Å². The lowest BCUT2D eigenvalue weighted by atomic mass is 10.0. The van der Waals surface area contributed by atoms with Crippen LogP contribution in [0.5, 0.6) is 0 Å². The third kappa shape index (κ3) is 4.29. The van der Waals surface area contributed by atoms with Gasteiger partial charge in [0.25, 0.3) is 0 Å². The van der Waals surface area contributed by atoms with Crippen molar-refractivity contribution in [3.63, 3.8) is 0 Å². The molecule has 1 aliphatic rings. The summed E-state index contributed by atoms with van der Waals surface area (Å²) in [4.78, 5) is 14.6. The van der Waals surface area contributed by atoms with Crippen LogP contribution in [-0.2, 0) is 16.0 Å². The van der Waals surface area contributed by atoms with Gasteiger partial charge >= 0.3 is 0 Å². The second-order valence-corrected chi connectivity index (χ2v) is 5.46. The van der Waals surface area contributed by atoms with E-state index in [0.717, 1.165) is 26.1 Å². The Labute approximate surface area is 127 Å². The standard InChI is InChI=1S/C17H26N2O2/c1-3-18-16-13-21-12-15(16)17(20)19(4-2)11-10-14-8-6-5-7-9-14/h5-9,15-16,18H,3-4,10-13H2,1-2H3. The molecular weight excluding hydrogens is 264 g/mol. The zero-order valence-electron chi connectivity index (χ0n) is 13.0. The Morgan fingerprint density at radius 1 is 1.29 bits per heavy atom. The van der Waals surface area contributed by atoms with Gasteiger partial charge in [-0.3, -0.25) is 4.79 Å². The van der Waals surface area contributed by atoms with Gasteiger partial charge in [-0.1, -0.05) is 37.3 Å². The molecule has 1 saturated heterocycles. The fourth-order valence-electron chi connectivity index (χ4n) is 2.83. The Morgan fingerprint density at radius 2 is 2.05 bits per heavy atom. The van der Waals surface area contributed by atoms with Crippen molar-refractivity contribution in [1.82, 2.24) is 10.2 Å². The average Bonchev–Trinajstić information content (AvgIpc) is 2.97. The molecule has 0 bridgehead atoms. The summed E-state index contributed by atoms with van der Waals surface area (Å²) in [5.74, 6) is 0.178. The van der Waals surface area contributed by atoms with Crippen molar-refractivity contribution < 1.29 is 9.53 Å². The van der Waals surface area contributed by atoms with Gasteiger partial charge in [0.15, 0.2) is 0 Å². The molecular formula is C17H26N2O2. The van der Waals surface area contributed by atoms with Crippen LogP contribution in [-0.4, -0.2) is 49.7 Å². The summed E-state index contributed by atoms with van der Waals surface area (Å²) in [5.41, 5.74) is 1.27. The van der Waals surface area contributed by atoms with Crippen LogP contribution in [0.1, 0.15) is 19.4 Å². The molecule has 116 valence electrons. The van der Waals surface area contributed by atoms with Gasteiger partial charge in [-0.05, 0) is 25.5 Å². The van der Waals surface area contributed by atoms with Gasteiger partial charge < -0.3 is 15.0 Å². The first-order valence-corrected chi connectivity index (χ1v) is 7.90. The molecule has 1 aliphatic heterocycles. The van der Waals surface area contributed by atoms with E-state index in [-0.39, 0.29) is 17.9 Å². The predicted octanol–water partition coefficient (Wildman–Crippen LogP) is 1.70. The molecule has 1 N–H and O–H groups in total. The van der Waals surface area contributed by atoms with E-state index < -0.39 is 0 Å². The van der Waals surface area contributed by atoms with Crippen LogP contribution in [0, 0.1) is 5.92 Å². The van der Waals surface area contributed by atoms with Gasteiger partial charge in [-0.25, -0.2) is 0 Å². The van der Waals surface area contributed by atoms with Crippen molar-refractivity contribution in [2.24, 2.45) is 5.92 Å². The Hall–Kier alpha value is -1.39. The molecule has 1 aromatic carbocycles. The summed E-state index contributed by atoms with van der Waals surface area (Å²) in [6.07, 6.45) is 0.903. The molecule has 0 aromatic heterocycles. The van der Waals surface area contributed by atoms with E-state index in [1.807, 2.05) is 30.0 Å². The van der Waals surface area contributed by atoms with Gasteiger partial charge in [0, 0.05) is 19.1 Å². The molecule has 2 atom stereocenters. The van der Waals surface area contributed by atoms with Gasteiger partial charge in [-0.2, -0.15) is 0 Å². The molecule has 21 heavy (non-hydrogen) atoms. The largest absolute Gasteiger partial charge is 0.379 e. The van der Waals surface area contributed by atoms with Crippen LogP contribution in [0.25, 0.3) is 0 Å². The molecule has 1 amide bonds. The highest BCUT2D eigenvalue weighted by Crippen LogP contribution is 2.17. The lowest BCUT2D eigenvalue weighted by Crippen LogP contribution is -2.46. The first-order chi connectivity index (χ1) is 10.3. The van der Waals surface area contributed by atoms with Crippen LogP contribution in [0.3, 0.4) is 0 Å². The summed E-state index contributed by atoms with van der Waals surface area (Å²) >= 11 is 0. The van der Waals surface area contributed by atoms with Crippen molar-refractivity contribution >= 4 is 5.91 Å². The van der Waals surface area contributed by atoms with E-state index in [2.05, 4.69) is 24.4 Å². The van der Waals surface area contributed by atoms with Gasteiger partial charge in [0.2, 0.25) is 5.91 Å². The maximum absolute atomic E-state index is 12.7. The molecule has 4 heteroatoms. The molecule has 1 aromatic rings. The number of likely N-dealkylation sites (N-methyl/N-ethyl adjacent to an activating group) is 2. The van der Waals surface area contributed by atoms with Gasteiger partial charge in [0.05, 0.1) is 19.1 Å². The molecule has 1 heterocycles. The van der Waals surface area contributed by atoms with E-state index >= 15 is 0 Å². The number of benzene rings is 1. The number of nitrogens with zero attached hydrogens (tertiary/aromatic N) is 1. The fraction of sp³-hybridized carbons (Fsp3) is 0.588. The van der Waals surface area contributed by atoms with Crippen LogP contribution >= 0.6 is 0 Å². The van der Waals surface area contributed by atoms with Crippen LogP contribution in [0.4, 0.5) is 0 Å². The molecule has 2 rings (SSSR count). The normalized spacial score (nSPS) is 21.4. The number of rotatable bonds is 7. The highest BCUT2D eigenvalue weighted by atomic mass is 16.5. The Bertz CT molecular complexity index is 436. The van der Waals surface area contributed by atoms with E-state index in [0.29, 0.717) is 13.2 Å². The maximum Gasteiger partial charge on any atom is 0.229 e. The van der Waals surface area contributed by atoms with Crippen LogP contribution < -0.4 is 5.32 Å². The third-order valence-electron chi connectivity index (χ3n) is 4.07. The monoisotopic (exact) mass is 290 g/mol. The maximum atomic E-state index is 12.7. The van der Waals surface area contributed by atoms with Crippen molar-refractivity contribution in [3.05, 3.63) is 35.9 Å². The van der Waals surface area contributed by atoms with Gasteiger partial charge in [0.1, 0.15) is 0 Å². The van der Waals surface area contributed by atoms with E-state index in [4.69, 9.17) is 4.74 Å². The fourth-order valence-corrected chi connectivity index (χ4v) is 2.83. The summed E-state index contributed by atoms with van der Waals surface area (Å²) < 4.78 is 5.49. The SMILES string of the molecule is CCNC1COCC1C(=O)N(CC)CCc1ccccc1. The smallest absolute Gasteiger partial charge is 0.229 e. The number of carbonyl (C=O) groups excluding carboxylic acids is 1. The van der Waals surface area contributed by atoms with Gasteiger partial charge in [-0.15, -0.1) is 0 Å². The molecule has 0 saturated carbocycles. The lowest BCUT2D eigenvalue weighted by Gasteiger charge is -2.26. The Kier molecular flexibility index (Phi) is 6.21. The first kappa shape index (κ1) is 16.0. The number of nitrogens with one attached hydrogen (secondary N) is 1. The van der Waals surface area contributed by atoms with Crippen molar-refractivity contribution in [2.75, 3.05) is 32.8 Å². The molecule has 4 nitrogen and oxygen atoms in total. The summed E-state index contributed by atoms with van der Waals surface area (Å²) in [6, 6.07) is 10.5. The number of amides is 1. The van der Waals surface area contributed by atoms with Crippen LogP contribution in [0.2, 0.25) is 0 Å². The lowest BCUT2D eigenvalue weighted by molar-refractivity contribution is -0.135. The number of hydrogen-bond acceptors (Lipinski definition) is 3. The summed E-state index contributed by atoms with van der Waals surface area (Å²) in [5, 5.41) is 3.36. The first-order valence-electron chi connectivity index (χ1n) is 7.90. The van der Waals surface area contributed by atoms with Crippen LogP contribution in [0.15, 0.2) is 30.3 Å². The summed E-state index contributed by atoms with van der Waals surface area (Å²) in [6.45, 7) is 7.68. The minimum atomic E-state index is -0.0410. The van der Waals surface area contributed by atoms with E-state index in [1.54, 1.807) is 0 Å². The second-order valence-electron chi connectivity index (χ2n) is 5.46. The Balaban J connectivity index is 1.92. The second kappa shape index (κ2) is 8.15. The van der Waals surface area contributed by atoms with Crippen molar-refractivity contribution in [2.45, 2.75) is 26.3 Å². The number of ether oxygens (including phenoxy) is 1. The topological polar surface area (TPSA) is 41.6 Å². The average molecular weight is 290 g/mol. The molecule has 1 fully saturated rings. The minimum absolute atomic E-state index is 0.0410. The molecule has 0 aliphatic carbocycles. The molecule has 0 spiro atoms. The minimum Gasteiger partial charge on any atom is -0.379 e. The zero-order valence-corrected chi connectivity index (χ0v) is 13.0. The quantitative estimate of drug-likeness (QED) is 0.831. The number of hydrogen-bond donors (Lipinski definition) is 1. The van der Waals surface area contributed by atoms with E-state index in [1.165, 1.54) is 5.56 Å². The molecule has 0 radical (unpaired) electrons. The number of carbonyl (C=O) groups is 1. The highest BCUT2D eigenvalue weighted by Gasteiger charge is 2.35. The van der Waals surface area contributed by atoms with E-state index in [9.17, 15) is 4.79 Å². The summed E-state index contributed by atoms with van der Waals surface area (Å²) in [7, 11) is 0. The zero-order chi connectivity index (χ0) is 15.1. The highest BCUT2D eigenvalue weighted by molar-refractivity contribution is 5.80.